The van der Waals surface area contributed by atoms with E-state index in [0.717, 1.165) is 5.56 Å². The molecule has 0 atom stereocenters. The third kappa shape index (κ3) is 4.91. The molecule has 0 radical (unpaired) electrons. The molecule has 0 fully saturated rings. The van der Waals surface area contributed by atoms with Gasteiger partial charge in [0.15, 0.2) is 5.75 Å². The number of hydrogen-bond donors (Lipinski definition) is 1. The Hall–Kier alpha value is -3.14. The van der Waals surface area contributed by atoms with E-state index >= 15 is 0 Å². The summed E-state index contributed by atoms with van der Waals surface area (Å²) in [5, 5.41) is 2.86. The zero-order chi connectivity index (χ0) is 17.5. The topological polar surface area (TPSA) is 38.3 Å². The number of carbonyl (C=O) groups excluding carboxylic acids is 1. The Kier molecular flexibility index (Phi) is 5.42. The van der Waals surface area contributed by atoms with E-state index in [9.17, 15) is 9.18 Å². The van der Waals surface area contributed by atoms with E-state index in [1.54, 1.807) is 18.2 Å². The number of anilines is 1. The quantitative estimate of drug-likeness (QED) is 0.673. The van der Waals surface area contributed by atoms with Crippen LogP contribution >= 0.6 is 0 Å². The number of aryl methyl sites for hydroxylation is 1. The Morgan fingerprint density at radius 1 is 0.920 bits per heavy atom. The maximum atomic E-state index is 13.2. The molecule has 0 heterocycles. The van der Waals surface area contributed by atoms with Gasteiger partial charge in [-0.25, -0.2) is 4.39 Å². The number of halogens is 1. The third-order valence-corrected chi connectivity index (χ3v) is 3.66. The van der Waals surface area contributed by atoms with Crippen molar-refractivity contribution in [1.82, 2.24) is 0 Å². The number of rotatable bonds is 6. The van der Waals surface area contributed by atoms with Gasteiger partial charge in [-0.2, -0.15) is 0 Å². The van der Waals surface area contributed by atoms with E-state index < -0.39 is 0 Å². The summed E-state index contributed by atoms with van der Waals surface area (Å²) in [6, 6.07) is 22.9. The van der Waals surface area contributed by atoms with Gasteiger partial charge in [0.1, 0.15) is 11.6 Å². The van der Waals surface area contributed by atoms with E-state index in [0.29, 0.717) is 23.6 Å². The van der Waals surface area contributed by atoms with Crippen molar-refractivity contribution in [2.75, 3.05) is 5.32 Å². The van der Waals surface area contributed by atoms with Crippen LogP contribution in [0.3, 0.4) is 0 Å². The number of benzene rings is 3. The van der Waals surface area contributed by atoms with E-state index in [2.05, 4.69) is 5.32 Å². The van der Waals surface area contributed by atoms with Crippen molar-refractivity contribution in [2.45, 2.75) is 12.8 Å². The number of hydrogen-bond acceptors (Lipinski definition) is 2. The van der Waals surface area contributed by atoms with Crippen molar-refractivity contribution in [3.8, 4) is 11.5 Å². The van der Waals surface area contributed by atoms with E-state index in [1.807, 2.05) is 48.5 Å². The van der Waals surface area contributed by atoms with Gasteiger partial charge in [-0.1, -0.05) is 42.5 Å². The second-order valence-corrected chi connectivity index (χ2v) is 5.59. The zero-order valence-electron chi connectivity index (χ0n) is 13.6. The minimum Gasteiger partial charge on any atom is -0.455 e. The monoisotopic (exact) mass is 335 g/mol. The van der Waals surface area contributed by atoms with Crippen LogP contribution in [-0.2, 0) is 11.2 Å². The second kappa shape index (κ2) is 8.11. The minimum absolute atomic E-state index is 0.145. The molecule has 3 rings (SSSR count). The summed E-state index contributed by atoms with van der Waals surface area (Å²) in [6.07, 6.45) is 0.744. The molecule has 3 aromatic rings. The highest BCUT2D eigenvalue weighted by molar-refractivity contribution is 5.92. The second-order valence-electron chi connectivity index (χ2n) is 5.59. The van der Waals surface area contributed by atoms with Crippen LogP contribution < -0.4 is 10.1 Å². The van der Waals surface area contributed by atoms with Crippen LogP contribution in [0.4, 0.5) is 10.1 Å². The molecule has 0 aliphatic heterocycles. The van der Waals surface area contributed by atoms with Crippen molar-refractivity contribution in [3.05, 3.63) is 90.2 Å². The lowest BCUT2D eigenvalue weighted by Gasteiger charge is -2.12. The minimum atomic E-state index is -0.292. The summed E-state index contributed by atoms with van der Waals surface area (Å²) in [4.78, 5) is 12.2. The molecule has 126 valence electrons. The first-order valence-electron chi connectivity index (χ1n) is 8.07. The third-order valence-electron chi connectivity index (χ3n) is 3.66. The molecule has 3 aromatic carbocycles. The van der Waals surface area contributed by atoms with E-state index in [4.69, 9.17) is 4.74 Å². The molecule has 0 spiro atoms. The van der Waals surface area contributed by atoms with Gasteiger partial charge in [0.05, 0.1) is 5.69 Å². The standard InChI is InChI=1S/C21H18FNO2/c22-17-8-6-7-16(15-17)13-14-21(24)23-19-11-4-5-12-20(19)25-18-9-2-1-3-10-18/h1-12,15H,13-14H2,(H,23,24). The SMILES string of the molecule is O=C(CCc1cccc(F)c1)Nc1ccccc1Oc1ccccc1. The molecule has 4 heteroatoms. The Balaban J connectivity index is 1.63. The van der Waals surface area contributed by atoms with Crippen molar-refractivity contribution >= 4 is 11.6 Å². The lowest BCUT2D eigenvalue weighted by atomic mass is 10.1. The lowest BCUT2D eigenvalue weighted by Crippen LogP contribution is -2.13. The summed E-state index contributed by atoms with van der Waals surface area (Å²) in [6.45, 7) is 0. The Bertz CT molecular complexity index is 849. The average Bonchev–Trinajstić information content (AvgIpc) is 2.63. The molecule has 25 heavy (non-hydrogen) atoms. The van der Waals surface area contributed by atoms with E-state index in [1.165, 1.54) is 12.1 Å². The molecule has 0 saturated carbocycles. The van der Waals surface area contributed by atoms with Crippen molar-refractivity contribution in [1.29, 1.82) is 0 Å². The van der Waals surface area contributed by atoms with E-state index in [-0.39, 0.29) is 18.1 Å². The fourth-order valence-electron chi connectivity index (χ4n) is 2.44. The van der Waals surface area contributed by atoms with Gasteiger partial charge in [-0.05, 0) is 48.4 Å². The van der Waals surface area contributed by atoms with Gasteiger partial charge < -0.3 is 10.1 Å². The molecule has 0 aliphatic rings. The van der Waals surface area contributed by atoms with Crippen LogP contribution in [0.5, 0.6) is 11.5 Å². The molecule has 0 aromatic heterocycles. The number of para-hydroxylation sites is 3. The molecule has 0 aliphatic carbocycles. The largest absolute Gasteiger partial charge is 0.455 e. The lowest BCUT2D eigenvalue weighted by molar-refractivity contribution is -0.116. The summed E-state index contributed by atoms with van der Waals surface area (Å²) >= 11 is 0. The van der Waals surface area contributed by atoms with Gasteiger partial charge in [0, 0.05) is 6.42 Å². The van der Waals surface area contributed by atoms with Crippen LogP contribution in [0, 0.1) is 5.82 Å². The summed E-state index contributed by atoms with van der Waals surface area (Å²) in [5.41, 5.74) is 1.40. The highest BCUT2D eigenvalue weighted by Gasteiger charge is 2.09. The van der Waals surface area contributed by atoms with Gasteiger partial charge >= 0.3 is 0 Å². The smallest absolute Gasteiger partial charge is 0.224 e. The van der Waals surface area contributed by atoms with Gasteiger partial charge in [0.2, 0.25) is 5.91 Å². The van der Waals surface area contributed by atoms with Gasteiger partial charge in [-0.15, -0.1) is 0 Å². The maximum absolute atomic E-state index is 13.2. The number of carbonyl (C=O) groups is 1. The number of nitrogens with one attached hydrogen (secondary N) is 1. The number of amides is 1. The fourth-order valence-corrected chi connectivity index (χ4v) is 2.44. The predicted molar refractivity (Wildman–Crippen MR) is 96.3 cm³/mol. The molecule has 0 unspecified atom stereocenters. The highest BCUT2D eigenvalue weighted by Crippen LogP contribution is 2.29. The molecular weight excluding hydrogens is 317 g/mol. The Morgan fingerprint density at radius 3 is 2.48 bits per heavy atom. The molecular formula is C21H18FNO2. The Labute approximate surface area is 146 Å². The van der Waals surface area contributed by atoms with Crippen molar-refractivity contribution < 1.29 is 13.9 Å². The zero-order valence-corrected chi connectivity index (χ0v) is 13.6. The van der Waals surface area contributed by atoms with Crippen LogP contribution in [0.1, 0.15) is 12.0 Å². The first-order chi connectivity index (χ1) is 12.2. The highest BCUT2D eigenvalue weighted by atomic mass is 19.1. The number of ether oxygens (including phenoxy) is 1. The molecule has 1 amide bonds. The Morgan fingerprint density at radius 2 is 1.68 bits per heavy atom. The van der Waals surface area contributed by atoms with Gasteiger partial charge in [-0.3, -0.25) is 4.79 Å². The average molecular weight is 335 g/mol. The predicted octanol–water partition coefficient (Wildman–Crippen LogP) is 5.19. The van der Waals surface area contributed by atoms with Crippen LogP contribution in [0.15, 0.2) is 78.9 Å². The first kappa shape index (κ1) is 16.7. The molecule has 0 bridgehead atoms. The fraction of sp³-hybridized carbons (Fsp3) is 0.0952. The van der Waals surface area contributed by atoms with Crippen LogP contribution in [0.2, 0.25) is 0 Å². The molecule has 3 nitrogen and oxygen atoms in total. The maximum Gasteiger partial charge on any atom is 0.224 e. The summed E-state index contributed by atoms with van der Waals surface area (Å²) in [7, 11) is 0. The molecule has 0 saturated heterocycles. The molecule has 1 N–H and O–H groups in total. The normalized spacial score (nSPS) is 10.3. The first-order valence-corrected chi connectivity index (χ1v) is 8.07. The van der Waals surface area contributed by atoms with Crippen LogP contribution in [-0.4, -0.2) is 5.91 Å². The van der Waals surface area contributed by atoms with Crippen LogP contribution in [0.25, 0.3) is 0 Å². The summed E-state index contributed by atoms with van der Waals surface area (Å²) in [5.74, 6) is 0.838. The van der Waals surface area contributed by atoms with Gasteiger partial charge in [0.25, 0.3) is 0 Å². The van der Waals surface area contributed by atoms with Crippen molar-refractivity contribution in [3.63, 3.8) is 0 Å². The summed E-state index contributed by atoms with van der Waals surface area (Å²) < 4.78 is 19.0. The van der Waals surface area contributed by atoms with Crippen molar-refractivity contribution in [2.24, 2.45) is 0 Å².